The molecule has 0 radical (unpaired) electrons. The van der Waals surface area contributed by atoms with E-state index in [0.717, 1.165) is 36.6 Å². The molecular weight excluding hydrogens is 294 g/mol. The zero-order valence-corrected chi connectivity index (χ0v) is 14.0. The molecule has 0 fully saturated rings. The fourth-order valence-corrected chi connectivity index (χ4v) is 2.36. The molecule has 0 aliphatic carbocycles. The SMILES string of the molecule is COc1ccc(OCCCc2c(CO)nnn2CC(C)C)cc1. The third-order valence-electron chi connectivity index (χ3n) is 3.49. The number of methoxy groups -OCH3 is 1. The minimum absolute atomic E-state index is 0.0766. The molecule has 0 aliphatic heterocycles. The summed E-state index contributed by atoms with van der Waals surface area (Å²) in [6.45, 7) is 5.60. The zero-order valence-electron chi connectivity index (χ0n) is 14.0. The molecule has 1 N–H and O–H groups in total. The van der Waals surface area contributed by atoms with Crippen LogP contribution in [0.25, 0.3) is 0 Å². The first kappa shape index (κ1) is 17.3. The van der Waals surface area contributed by atoms with Crippen molar-refractivity contribution in [3.63, 3.8) is 0 Å². The van der Waals surface area contributed by atoms with E-state index in [1.54, 1.807) is 7.11 Å². The Morgan fingerprint density at radius 1 is 1.17 bits per heavy atom. The monoisotopic (exact) mass is 319 g/mol. The predicted molar refractivity (Wildman–Crippen MR) is 87.6 cm³/mol. The van der Waals surface area contributed by atoms with Gasteiger partial charge in [0.15, 0.2) is 0 Å². The van der Waals surface area contributed by atoms with E-state index < -0.39 is 0 Å². The van der Waals surface area contributed by atoms with E-state index in [1.165, 1.54) is 0 Å². The fraction of sp³-hybridized carbons (Fsp3) is 0.529. The minimum Gasteiger partial charge on any atom is -0.497 e. The van der Waals surface area contributed by atoms with Crippen molar-refractivity contribution in [1.29, 1.82) is 0 Å². The van der Waals surface area contributed by atoms with Gasteiger partial charge in [0.2, 0.25) is 0 Å². The van der Waals surface area contributed by atoms with E-state index >= 15 is 0 Å². The molecule has 126 valence electrons. The maximum atomic E-state index is 9.39. The van der Waals surface area contributed by atoms with Crippen LogP contribution in [0.4, 0.5) is 0 Å². The van der Waals surface area contributed by atoms with E-state index in [1.807, 2.05) is 28.9 Å². The van der Waals surface area contributed by atoms with Gasteiger partial charge in [0, 0.05) is 6.54 Å². The number of aromatic nitrogens is 3. The number of hydrogen-bond donors (Lipinski definition) is 1. The number of hydrogen-bond acceptors (Lipinski definition) is 5. The molecule has 6 heteroatoms. The predicted octanol–water partition coefficient (Wildman–Crippen LogP) is 2.45. The summed E-state index contributed by atoms with van der Waals surface area (Å²) in [6.07, 6.45) is 1.62. The van der Waals surface area contributed by atoms with Gasteiger partial charge in [0.05, 0.1) is 26.0 Å². The Bertz CT molecular complexity index is 594. The summed E-state index contributed by atoms with van der Waals surface area (Å²) in [6, 6.07) is 7.53. The van der Waals surface area contributed by atoms with Crippen molar-refractivity contribution < 1.29 is 14.6 Å². The second-order valence-corrected chi connectivity index (χ2v) is 5.84. The second kappa shape index (κ2) is 8.53. The quantitative estimate of drug-likeness (QED) is 0.719. The molecule has 2 rings (SSSR count). The molecule has 0 atom stereocenters. The van der Waals surface area contributed by atoms with Crippen LogP contribution in [0.3, 0.4) is 0 Å². The van der Waals surface area contributed by atoms with Crippen molar-refractivity contribution in [2.45, 2.75) is 39.8 Å². The summed E-state index contributed by atoms with van der Waals surface area (Å²) in [5.74, 6) is 2.12. The number of nitrogens with zero attached hydrogens (tertiary/aromatic N) is 3. The van der Waals surface area contributed by atoms with Gasteiger partial charge in [-0.2, -0.15) is 0 Å². The topological polar surface area (TPSA) is 69.4 Å². The number of aliphatic hydroxyl groups is 1. The number of benzene rings is 1. The Hall–Kier alpha value is -2.08. The lowest BCUT2D eigenvalue weighted by Gasteiger charge is -2.10. The van der Waals surface area contributed by atoms with Crippen molar-refractivity contribution >= 4 is 0 Å². The lowest BCUT2D eigenvalue weighted by molar-refractivity contribution is 0.274. The Kier molecular flexibility index (Phi) is 6.40. The first-order valence-corrected chi connectivity index (χ1v) is 7.93. The molecule has 6 nitrogen and oxygen atoms in total. The smallest absolute Gasteiger partial charge is 0.119 e. The first-order chi connectivity index (χ1) is 11.1. The van der Waals surface area contributed by atoms with E-state index in [4.69, 9.17) is 9.47 Å². The summed E-state index contributed by atoms with van der Waals surface area (Å²) in [4.78, 5) is 0. The van der Waals surface area contributed by atoms with Gasteiger partial charge in [0.1, 0.15) is 17.2 Å². The normalized spacial score (nSPS) is 11.0. The third kappa shape index (κ3) is 4.96. The van der Waals surface area contributed by atoms with E-state index in [0.29, 0.717) is 18.2 Å². The van der Waals surface area contributed by atoms with E-state index in [2.05, 4.69) is 24.2 Å². The Morgan fingerprint density at radius 3 is 2.48 bits per heavy atom. The molecule has 0 saturated heterocycles. The maximum Gasteiger partial charge on any atom is 0.119 e. The summed E-state index contributed by atoms with van der Waals surface area (Å²) in [7, 11) is 1.64. The maximum absolute atomic E-state index is 9.39. The summed E-state index contributed by atoms with van der Waals surface area (Å²) in [5, 5.41) is 17.6. The highest BCUT2D eigenvalue weighted by molar-refractivity contribution is 5.31. The van der Waals surface area contributed by atoms with Crippen molar-refractivity contribution in [3.05, 3.63) is 35.7 Å². The van der Waals surface area contributed by atoms with Gasteiger partial charge in [0.25, 0.3) is 0 Å². The van der Waals surface area contributed by atoms with Crippen LogP contribution in [0, 0.1) is 5.92 Å². The molecule has 1 heterocycles. The highest BCUT2D eigenvalue weighted by Crippen LogP contribution is 2.17. The van der Waals surface area contributed by atoms with Gasteiger partial charge in [-0.3, -0.25) is 0 Å². The number of rotatable bonds is 9. The minimum atomic E-state index is -0.0766. The average molecular weight is 319 g/mol. The van der Waals surface area contributed by atoms with Crippen LogP contribution in [-0.4, -0.2) is 33.8 Å². The molecular formula is C17H25N3O3. The standard InChI is InChI=1S/C17H25N3O3/c1-13(2)11-20-17(16(12-21)18-19-20)5-4-10-23-15-8-6-14(22-3)7-9-15/h6-9,13,21H,4-5,10-12H2,1-3H3. The molecule has 0 bridgehead atoms. The molecule has 1 aromatic carbocycles. The van der Waals surface area contributed by atoms with Crippen LogP contribution >= 0.6 is 0 Å². The molecule has 1 aromatic heterocycles. The van der Waals surface area contributed by atoms with Crippen LogP contribution in [0.1, 0.15) is 31.7 Å². The van der Waals surface area contributed by atoms with Crippen molar-refractivity contribution in [3.8, 4) is 11.5 Å². The van der Waals surface area contributed by atoms with Crippen LogP contribution in [0.15, 0.2) is 24.3 Å². The second-order valence-electron chi connectivity index (χ2n) is 5.84. The van der Waals surface area contributed by atoms with Crippen molar-refractivity contribution in [2.24, 2.45) is 5.92 Å². The van der Waals surface area contributed by atoms with E-state index in [-0.39, 0.29) is 6.61 Å². The van der Waals surface area contributed by atoms with Gasteiger partial charge < -0.3 is 14.6 Å². The zero-order chi connectivity index (χ0) is 16.7. The van der Waals surface area contributed by atoms with Gasteiger partial charge in [-0.25, -0.2) is 4.68 Å². The van der Waals surface area contributed by atoms with Crippen molar-refractivity contribution in [1.82, 2.24) is 15.0 Å². The number of ether oxygens (including phenoxy) is 2. The van der Waals surface area contributed by atoms with Gasteiger partial charge in [-0.15, -0.1) is 5.10 Å². The molecule has 0 amide bonds. The van der Waals surface area contributed by atoms with E-state index in [9.17, 15) is 5.11 Å². The van der Waals surface area contributed by atoms with Crippen molar-refractivity contribution in [2.75, 3.05) is 13.7 Å². The summed E-state index contributed by atoms with van der Waals surface area (Å²) in [5.41, 5.74) is 1.66. The Balaban J connectivity index is 1.86. The van der Waals surface area contributed by atoms with Crippen LogP contribution in [-0.2, 0) is 19.6 Å². The third-order valence-corrected chi connectivity index (χ3v) is 3.49. The molecule has 23 heavy (non-hydrogen) atoms. The molecule has 0 saturated carbocycles. The average Bonchev–Trinajstić information content (AvgIpc) is 2.93. The Labute approximate surface area is 137 Å². The Morgan fingerprint density at radius 2 is 1.87 bits per heavy atom. The lowest BCUT2D eigenvalue weighted by Crippen LogP contribution is -2.12. The molecule has 0 aliphatic rings. The highest BCUT2D eigenvalue weighted by Gasteiger charge is 2.12. The summed E-state index contributed by atoms with van der Waals surface area (Å²) >= 11 is 0. The van der Waals surface area contributed by atoms with Crippen LogP contribution < -0.4 is 9.47 Å². The molecule has 0 spiro atoms. The van der Waals surface area contributed by atoms with Gasteiger partial charge in [-0.1, -0.05) is 19.1 Å². The van der Waals surface area contributed by atoms with Gasteiger partial charge in [-0.05, 0) is 43.0 Å². The lowest BCUT2D eigenvalue weighted by atomic mass is 10.1. The first-order valence-electron chi connectivity index (χ1n) is 7.93. The molecule has 0 unspecified atom stereocenters. The van der Waals surface area contributed by atoms with Crippen LogP contribution in [0.2, 0.25) is 0 Å². The van der Waals surface area contributed by atoms with Crippen LogP contribution in [0.5, 0.6) is 11.5 Å². The number of aliphatic hydroxyl groups excluding tert-OH is 1. The highest BCUT2D eigenvalue weighted by atomic mass is 16.5. The fourth-order valence-electron chi connectivity index (χ4n) is 2.36. The summed E-state index contributed by atoms with van der Waals surface area (Å²) < 4.78 is 12.7. The van der Waals surface area contributed by atoms with Gasteiger partial charge >= 0.3 is 0 Å². The largest absolute Gasteiger partial charge is 0.497 e. The molecule has 2 aromatic rings.